The van der Waals surface area contributed by atoms with Crippen LogP contribution in [0.1, 0.15) is 12.6 Å². The molecule has 0 aliphatic rings. The van der Waals surface area contributed by atoms with Gasteiger partial charge >= 0.3 is 5.91 Å². The van der Waals surface area contributed by atoms with Gasteiger partial charge in [0.15, 0.2) is 0 Å². The van der Waals surface area contributed by atoms with Gasteiger partial charge in [-0.2, -0.15) is 0 Å². The van der Waals surface area contributed by atoms with Gasteiger partial charge in [-0.05, 0) is 31.9 Å². The topological polar surface area (TPSA) is 42.0 Å². The first-order chi connectivity index (χ1) is 6.22. The molecule has 3 heteroatoms. The van der Waals surface area contributed by atoms with E-state index >= 15 is 0 Å². The van der Waals surface area contributed by atoms with Crippen LogP contribution in [0, 0.1) is 18.8 Å². The van der Waals surface area contributed by atoms with Crippen LogP contribution in [0.5, 0.6) is 0 Å². The van der Waals surface area contributed by atoms with E-state index in [1.54, 1.807) is 13.0 Å². The Labute approximate surface area is 77.2 Å². The number of hydrogen-bond acceptors (Lipinski definition) is 2. The minimum Gasteiger partial charge on any atom is -0.300 e. The molecule has 1 aromatic rings. The highest BCUT2D eigenvalue weighted by atomic mass is 16.1. The molecule has 0 bridgehead atoms. The van der Waals surface area contributed by atoms with Crippen molar-refractivity contribution < 1.29 is 4.79 Å². The van der Waals surface area contributed by atoms with Crippen molar-refractivity contribution in [1.82, 2.24) is 4.98 Å². The van der Waals surface area contributed by atoms with Gasteiger partial charge in [0.25, 0.3) is 0 Å². The Morgan fingerprint density at radius 3 is 2.92 bits per heavy atom. The maximum atomic E-state index is 11.0. The average molecular weight is 174 g/mol. The monoisotopic (exact) mass is 174 g/mol. The lowest BCUT2D eigenvalue weighted by Crippen LogP contribution is -2.09. The second-order valence-corrected chi connectivity index (χ2v) is 2.49. The largest absolute Gasteiger partial charge is 0.301 e. The van der Waals surface area contributed by atoms with E-state index in [1.165, 1.54) is 0 Å². The quantitative estimate of drug-likeness (QED) is 0.653. The van der Waals surface area contributed by atoms with Gasteiger partial charge in [0.1, 0.15) is 5.82 Å². The Morgan fingerprint density at radius 2 is 2.31 bits per heavy atom. The smallest absolute Gasteiger partial charge is 0.300 e. The maximum Gasteiger partial charge on any atom is 0.301 e. The van der Waals surface area contributed by atoms with Crippen LogP contribution in [0.2, 0.25) is 0 Å². The van der Waals surface area contributed by atoms with Gasteiger partial charge < -0.3 is 0 Å². The average Bonchev–Trinajstić information content (AvgIpc) is 2.04. The summed E-state index contributed by atoms with van der Waals surface area (Å²) in [5.74, 6) is 5.09. The molecule has 0 saturated heterocycles. The highest BCUT2D eigenvalue weighted by Gasteiger charge is 1.97. The third-order valence-electron chi connectivity index (χ3n) is 1.37. The Bertz CT molecular complexity index is 374. The van der Waals surface area contributed by atoms with Crippen molar-refractivity contribution in [2.24, 2.45) is 0 Å². The molecule has 1 amide bonds. The summed E-state index contributed by atoms with van der Waals surface area (Å²) in [5, 5.41) is 2.56. The summed E-state index contributed by atoms with van der Waals surface area (Å²) in [6, 6.07) is 5.42. The molecule has 3 nitrogen and oxygen atoms in total. The van der Waals surface area contributed by atoms with Gasteiger partial charge in [-0.25, -0.2) is 4.98 Å². The zero-order valence-corrected chi connectivity index (χ0v) is 7.59. The van der Waals surface area contributed by atoms with Crippen LogP contribution in [-0.4, -0.2) is 10.9 Å². The molecule has 0 radical (unpaired) electrons. The van der Waals surface area contributed by atoms with Crippen LogP contribution in [0.25, 0.3) is 0 Å². The minimum atomic E-state index is -0.333. The molecule has 1 aromatic heterocycles. The van der Waals surface area contributed by atoms with Crippen molar-refractivity contribution >= 4 is 11.7 Å². The predicted octanol–water partition coefficient (Wildman–Crippen LogP) is 1.35. The van der Waals surface area contributed by atoms with E-state index in [2.05, 4.69) is 22.1 Å². The van der Waals surface area contributed by atoms with Gasteiger partial charge in [-0.1, -0.05) is 12.0 Å². The van der Waals surface area contributed by atoms with Crippen LogP contribution in [0.3, 0.4) is 0 Å². The zero-order chi connectivity index (χ0) is 9.68. The van der Waals surface area contributed by atoms with Crippen molar-refractivity contribution in [2.75, 3.05) is 5.32 Å². The molecule has 0 spiro atoms. The van der Waals surface area contributed by atoms with E-state index in [4.69, 9.17) is 0 Å². The summed E-state index contributed by atoms with van der Waals surface area (Å²) in [6.45, 7) is 3.48. The molecular weight excluding hydrogens is 164 g/mol. The van der Waals surface area contributed by atoms with Gasteiger partial charge in [-0.15, -0.1) is 0 Å². The molecule has 0 aliphatic heterocycles. The van der Waals surface area contributed by atoms with Crippen LogP contribution in [0.4, 0.5) is 5.82 Å². The van der Waals surface area contributed by atoms with E-state index in [0.717, 1.165) is 5.69 Å². The molecule has 0 atom stereocenters. The van der Waals surface area contributed by atoms with Gasteiger partial charge in [-0.3, -0.25) is 10.1 Å². The number of carbonyl (C=O) groups is 1. The van der Waals surface area contributed by atoms with Gasteiger partial charge in [0, 0.05) is 5.69 Å². The number of amides is 1. The van der Waals surface area contributed by atoms with Crippen LogP contribution in [0.15, 0.2) is 18.2 Å². The second kappa shape index (κ2) is 4.27. The number of anilines is 1. The number of pyridine rings is 1. The minimum absolute atomic E-state index is 0.333. The molecular formula is C10H10N2O. The number of nitrogens with one attached hydrogen (secondary N) is 1. The van der Waals surface area contributed by atoms with Crippen molar-refractivity contribution in [3.63, 3.8) is 0 Å². The molecule has 1 rings (SSSR count). The zero-order valence-electron chi connectivity index (χ0n) is 7.59. The molecule has 13 heavy (non-hydrogen) atoms. The first-order valence-corrected chi connectivity index (χ1v) is 3.90. The van der Waals surface area contributed by atoms with Crippen molar-refractivity contribution in [3.05, 3.63) is 23.9 Å². The van der Waals surface area contributed by atoms with Gasteiger partial charge in [0.05, 0.1) is 0 Å². The second-order valence-electron chi connectivity index (χ2n) is 2.49. The lowest BCUT2D eigenvalue weighted by atomic mass is 10.4. The summed E-state index contributed by atoms with van der Waals surface area (Å²) in [6.07, 6.45) is 0. The fraction of sp³-hybridized carbons (Fsp3) is 0.200. The molecule has 1 N–H and O–H groups in total. The van der Waals surface area contributed by atoms with Crippen molar-refractivity contribution in [2.45, 2.75) is 13.8 Å². The third kappa shape index (κ3) is 2.96. The number of aromatic nitrogens is 1. The van der Waals surface area contributed by atoms with E-state index in [0.29, 0.717) is 5.82 Å². The molecule has 66 valence electrons. The summed E-state index contributed by atoms with van der Waals surface area (Å²) in [7, 11) is 0. The van der Waals surface area contributed by atoms with E-state index in [9.17, 15) is 4.79 Å². The van der Waals surface area contributed by atoms with Gasteiger partial charge in [0.2, 0.25) is 0 Å². The molecule has 0 aromatic carbocycles. The van der Waals surface area contributed by atoms with E-state index in [1.807, 2.05) is 19.1 Å². The Balaban J connectivity index is 2.73. The fourth-order valence-corrected chi connectivity index (χ4v) is 0.874. The summed E-state index contributed by atoms with van der Waals surface area (Å²) >= 11 is 0. The fourth-order valence-electron chi connectivity index (χ4n) is 0.874. The molecule has 1 heterocycles. The molecule has 0 unspecified atom stereocenters. The number of rotatable bonds is 1. The summed E-state index contributed by atoms with van der Waals surface area (Å²) < 4.78 is 0. The summed E-state index contributed by atoms with van der Waals surface area (Å²) in [4.78, 5) is 15.1. The highest BCUT2D eigenvalue weighted by Crippen LogP contribution is 2.02. The van der Waals surface area contributed by atoms with Crippen LogP contribution < -0.4 is 5.32 Å². The Hall–Kier alpha value is -1.82. The lowest BCUT2D eigenvalue weighted by molar-refractivity contribution is -0.111. The standard InChI is InChI=1S/C10H10N2O/c1-3-5-10(13)12-9-7-4-6-8(2)11-9/h4,6-7H,1-2H3,(H,11,12,13). The first-order valence-electron chi connectivity index (χ1n) is 3.90. The highest BCUT2D eigenvalue weighted by molar-refractivity contribution is 6.03. The van der Waals surface area contributed by atoms with E-state index < -0.39 is 0 Å². The normalized spacial score (nSPS) is 8.46. The third-order valence-corrected chi connectivity index (χ3v) is 1.37. The van der Waals surface area contributed by atoms with E-state index in [-0.39, 0.29) is 5.91 Å². The number of nitrogens with zero attached hydrogens (tertiary/aromatic N) is 1. The number of hydrogen-bond donors (Lipinski definition) is 1. The van der Waals surface area contributed by atoms with Crippen LogP contribution >= 0.6 is 0 Å². The molecule has 0 aliphatic carbocycles. The Kier molecular flexibility index (Phi) is 3.04. The first kappa shape index (κ1) is 9.27. The maximum absolute atomic E-state index is 11.0. The Morgan fingerprint density at radius 1 is 1.54 bits per heavy atom. The van der Waals surface area contributed by atoms with Crippen LogP contribution in [-0.2, 0) is 4.79 Å². The van der Waals surface area contributed by atoms with Crippen molar-refractivity contribution in [1.29, 1.82) is 0 Å². The number of aryl methyl sites for hydroxylation is 1. The predicted molar refractivity (Wildman–Crippen MR) is 51.1 cm³/mol. The number of carbonyl (C=O) groups excluding carboxylic acids is 1. The summed E-state index contributed by atoms with van der Waals surface area (Å²) in [5.41, 5.74) is 0.863. The molecule has 0 fully saturated rings. The SMILES string of the molecule is CC#CC(=O)Nc1cccc(C)n1. The lowest BCUT2D eigenvalue weighted by Gasteiger charge is -1.99. The van der Waals surface area contributed by atoms with Crippen molar-refractivity contribution in [3.8, 4) is 11.8 Å². The molecule has 0 saturated carbocycles.